The lowest BCUT2D eigenvalue weighted by atomic mass is 9.78. The van der Waals surface area contributed by atoms with Crippen LogP contribution in [-0.2, 0) is 14.8 Å². The van der Waals surface area contributed by atoms with Gasteiger partial charge in [-0.05, 0) is 12.5 Å². The normalized spacial score (nSPS) is 29.2. The molecule has 0 bridgehead atoms. The molecule has 1 aliphatic carbocycles. The fraction of sp³-hybridized carbons (Fsp3) is 0.600. The van der Waals surface area contributed by atoms with Crippen molar-refractivity contribution in [2.75, 3.05) is 13.7 Å². The third-order valence-corrected chi connectivity index (χ3v) is 5.33. The van der Waals surface area contributed by atoms with Crippen molar-refractivity contribution < 1.29 is 18.3 Å². The molecule has 0 aromatic rings. The molecule has 0 amide bonds. The zero-order chi connectivity index (χ0) is 14.1. The van der Waals surface area contributed by atoms with Crippen LogP contribution in [0.15, 0.2) is 21.8 Å². The van der Waals surface area contributed by atoms with Gasteiger partial charge in [0.25, 0.3) is 0 Å². The van der Waals surface area contributed by atoms with E-state index in [1.54, 1.807) is 6.92 Å². The molecule has 0 saturated heterocycles. The lowest BCUT2D eigenvalue weighted by Gasteiger charge is -2.38. The Morgan fingerprint density at radius 1 is 1.61 bits per heavy atom. The highest BCUT2D eigenvalue weighted by Gasteiger charge is 2.46. The van der Waals surface area contributed by atoms with Crippen molar-refractivity contribution >= 4 is 33.2 Å². The summed E-state index contributed by atoms with van der Waals surface area (Å²) in [5.41, 5.74) is -0.884. The van der Waals surface area contributed by atoms with Crippen LogP contribution in [0.4, 0.5) is 0 Å². The molecule has 1 aliphatic rings. The molecule has 8 heteroatoms. The van der Waals surface area contributed by atoms with Crippen LogP contribution in [0.5, 0.6) is 0 Å². The Morgan fingerprint density at radius 2 is 2.17 bits per heavy atom. The molecule has 0 saturated carbocycles. The lowest BCUT2D eigenvalue weighted by Crippen LogP contribution is -2.40. The molecule has 0 aliphatic heterocycles. The van der Waals surface area contributed by atoms with Gasteiger partial charge in [0.15, 0.2) is 0 Å². The van der Waals surface area contributed by atoms with E-state index in [-0.39, 0.29) is 23.0 Å². The van der Waals surface area contributed by atoms with Gasteiger partial charge in [-0.25, -0.2) is 13.6 Å². The second-order valence-corrected chi connectivity index (χ2v) is 6.60. The van der Waals surface area contributed by atoms with Gasteiger partial charge in [-0.3, -0.25) is 0 Å². The van der Waals surface area contributed by atoms with Crippen molar-refractivity contribution in [3.05, 3.63) is 21.8 Å². The predicted octanol–water partition coefficient (Wildman–Crippen LogP) is 1.27. The molecule has 104 valence electrons. The number of allylic oxidation sites excluding steroid dienone is 4. The van der Waals surface area contributed by atoms with Gasteiger partial charge >= 0.3 is 0 Å². The number of nitrogens with two attached hydrogens (primary N) is 1. The van der Waals surface area contributed by atoms with E-state index in [1.807, 2.05) is 0 Å². The maximum Gasteiger partial charge on any atom is 0.237 e. The van der Waals surface area contributed by atoms with Crippen LogP contribution in [0.2, 0.25) is 0 Å². The summed E-state index contributed by atoms with van der Waals surface area (Å²) in [6.45, 7) is 1.51. The number of sulfonamides is 1. The Labute approximate surface area is 116 Å². The summed E-state index contributed by atoms with van der Waals surface area (Å²) in [6.07, 6.45) is 1.60. The molecule has 0 aromatic heterocycles. The third kappa shape index (κ3) is 2.67. The van der Waals surface area contributed by atoms with Gasteiger partial charge in [-0.2, -0.15) is 0 Å². The van der Waals surface area contributed by atoms with Crippen LogP contribution in [0.25, 0.3) is 0 Å². The fourth-order valence-electron chi connectivity index (χ4n) is 1.94. The number of ether oxygens (including phenoxy) is 1. The minimum Gasteiger partial charge on any atom is -0.500 e. The van der Waals surface area contributed by atoms with E-state index in [9.17, 15) is 8.42 Å². The SMILES string of the molecule is COC1=CC(Cl)=C(S(N)(=O)=O)C(Cl)C1(C)CCO. The maximum atomic E-state index is 11.5. The number of halogens is 2. The molecule has 0 aromatic carbocycles. The molecule has 18 heavy (non-hydrogen) atoms. The van der Waals surface area contributed by atoms with E-state index in [0.717, 1.165) is 0 Å². The number of hydrogen-bond donors (Lipinski definition) is 2. The monoisotopic (exact) mass is 315 g/mol. The molecule has 1 rings (SSSR count). The fourth-order valence-corrected chi connectivity index (χ4v) is 4.11. The van der Waals surface area contributed by atoms with Gasteiger partial charge in [-0.1, -0.05) is 18.5 Å². The first kappa shape index (κ1) is 15.8. The maximum absolute atomic E-state index is 11.5. The Bertz CT molecular complexity index is 500. The summed E-state index contributed by atoms with van der Waals surface area (Å²) in [7, 11) is -2.58. The minimum absolute atomic E-state index is 0.0650. The second-order valence-electron chi connectivity index (χ2n) is 4.22. The largest absolute Gasteiger partial charge is 0.500 e. The van der Waals surface area contributed by atoms with Gasteiger partial charge in [0.1, 0.15) is 5.76 Å². The van der Waals surface area contributed by atoms with Gasteiger partial charge in [0.05, 0.1) is 22.4 Å². The van der Waals surface area contributed by atoms with E-state index in [0.29, 0.717) is 5.76 Å². The molecule has 5 nitrogen and oxygen atoms in total. The lowest BCUT2D eigenvalue weighted by molar-refractivity contribution is 0.143. The predicted molar refractivity (Wildman–Crippen MR) is 70.5 cm³/mol. The summed E-state index contributed by atoms with van der Waals surface area (Å²) in [5.74, 6) is 0.411. The first-order valence-electron chi connectivity index (χ1n) is 5.12. The van der Waals surface area contributed by atoms with E-state index in [4.69, 9.17) is 38.2 Å². The average Bonchev–Trinajstić information content (AvgIpc) is 2.22. The Balaban J connectivity index is 3.44. The van der Waals surface area contributed by atoms with Gasteiger partial charge in [0.2, 0.25) is 10.0 Å². The summed E-state index contributed by atoms with van der Waals surface area (Å²) >= 11 is 12.1. The first-order chi connectivity index (χ1) is 8.18. The summed E-state index contributed by atoms with van der Waals surface area (Å²) < 4.78 is 28.2. The van der Waals surface area contributed by atoms with Crippen LogP contribution in [-0.4, -0.2) is 32.6 Å². The number of rotatable bonds is 4. The van der Waals surface area contributed by atoms with Crippen molar-refractivity contribution in [2.45, 2.75) is 18.7 Å². The zero-order valence-electron chi connectivity index (χ0n) is 9.98. The number of methoxy groups -OCH3 is 1. The Kier molecular flexibility index (Phi) is 4.72. The van der Waals surface area contributed by atoms with Crippen LogP contribution in [0.1, 0.15) is 13.3 Å². The van der Waals surface area contributed by atoms with E-state index >= 15 is 0 Å². The highest BCUT2D eigenvalue weighted by Crippen LogP contribution is 2.47. The van der Waals surface area contributed by atoms with Crippen LogP contribution >= 0.6 is 23.2 Å². The number of aliphatic hydroxyl groups excluding tert-OH is 1. The molecule has 0 spiro atoms. The van der Waals surface area contributed by atoms with E-state index in [1.165, 1.54) is 13.2 Å². The highest BCUT2D eigenvalue weighted by molar-refractivity contribution is 7.93. The number of alkyl halides is 1. The molecule has 2 atom stereocenters. The molecular formula is C10H15Cl2NO4S. The quantitative estimate of drug-likeness (QED) is 0.764. The molecule has 3 N–H and O–H groups in total. The summed E-state index contributed by atoms with van der Waals surface area (Å²) in [6, 6.07) is 0. The molecular weight excluding hydrogens is 301 g/mol. The van der Waals surface area contributed by atoms with Crippen molar-refractivity contribution in [3.8, 4) is 0 Å². The van der Waals surface area contributed by atoms with E-state index in [2.05, 4.69) is 0 Å². The topological polar surface area (TPSA) is 89.6 Å². The number of hydrogen-bond acceptors (Lipinski definition) is 4. The van der Waals surface area contributed by atoms with Crippen molar-refractivity contribution in [3.63, 3.8) is 0 Å². The first-order valence-corrected chi connectivity index (χ1v) is 7.48. The molecule has 0 fully saturated rings. The third-order valence-electron chi connectivity index (χ3n) is 3.00. The molecule has 2 unspecified atom stereocenters. The van der Waals surface area contributed by atoms with Crippen molar-refractivity contribution in [1.82, 2.24) is 0 Å². The Hall–Kier alpha value is -0.270. The molecule has 0 heterocycles. The summed E-state index contributed by atoms with van der Waals surface area (Å²) in [5, 5.41) is 13.1. The zero-order valence-corrected chi connectivity index (χ0v) is 12.3. The second kappa shape index (κ2) is 5.38. The number of primary sulfonamides is 1. The average molecular weight is 316 g/mol. The summed E-state index contributed by atoms with van der Waals surface area (Å²) in [4.78, 5) is -0.248. The van der Waals surface area contributed by atoms with Crippen LogP contribution in [0, 0.1) is 5.41 Å². The van der Waals surface area contributed by atoms with Crippen molar-refractivity contribution in [2.24, 2.45) is 10.6 Å². The standard InChI is InChI=1S/C10H15Cl2NO4S/c1-10(3-4-14)7(17-2)5-6(11)8(9(10)12)18(13,15)16/h5,9,14H,3-4H2,1-2H3,(H2,13,15,16). The highest BCUT2D eigenvalue weighted by atomic mass is 35.5. The van der Waals surface area contributed by atoms with Gasteiger partial charge in [0, 0.05) is 12.0 Å². The molecule has 0 radical (unpaired) electrons. The van der Waals surface area contributed by atoms with Crippen molar-refractivity contribution in [1.29, 1.82) is 0 Å². The van der Waals surface area contributed by atoms with Gasteiger partial charge < -0.3 is 9.84 Å². The number of aliphatic hydroxyl groups is 1. The smallest absolute Gasteiger partial charge is 0.237 e. The van der Waals surface area contributed by atoms with E-state index < -0.39 is 20.8 Å². The Morgan fingerprint density at radius 3 is 2.56 bits per heavy atom. The van der Waals surface area contributed by atoms with Crippen LogP contribution in [0.3, 0.4) is 0 Å². The van der Waals surface area contributed by atoms with Crippen LogP contribution < -0.4 is 5.14 Å². The minimum atomic E-state index is -4.01. The van der Waals surface area contributed by atoms with Gasteiger partial charge in [-0.15, -0.1) is 11.6 Å².